The molecule has 4 rings (SSSR count). The lowest BCUT2D eigenvalue weighted by molar-refractivity contribution is -0.139. The molecule has 0 aliphatic carbocycles. The Morgan fingerprint density at radius 1 is 0.893 bits per heavy atom. The minimum Gasteiger partial charge on any atom is -0.277 e. The van der Waals surface area contributed by atoms with Gasteiger partial charge in [0.15, 0.2) is 0 Å². The number of benzene rings is 2. The maximum atomic E-state index is 13.9. The molecule has 28 heavy (non-hydrogen) atoms. The van der Waals surface area contributed by atoms with Crippen molar-refractivity contribution in [3.05, 3.63) is 77.0 Å². The number of pyridine rings is 1. The molecule has 0 saturated carbocycles. The van der Waals surface area contributed by atoms with Crippen LogP contribution >= 0.6 is 0 Å². The van der Waals surface area contributed by atoms with E-state index < -0.39 is 22.7 Å². The molecular formula is C23H21F3N2. The third kappa shape index (κ3) is 2.72. The van der Waals surface area contributed by atoms with Crippen LogP contribution < -0.4 is 0 Å². The van der Waals surface area contributed by atoms with Crippen LogP contribution in [0.25, 0.3) is 10.9 Å². The maximum absolute atomic E-state index is 13.9. The molecule has 144 valence electrons. The minimum absolute atomic E-state index is 0.309. The van der Waals surface area contributed by atoms with Crippen LogP contribution in [0.1, 0.15) is 49.9 Å². The van der Waals surface area contributed by atoms with E-state index in [2.05, 4.69) is 4.98 Å². The number of hydrogen-bond acceptors (Lipinski definition) is 2. The van der Waals surface area contributed by atoms with Crippen molar-refractivity contribution in [2.24, 2.45) is 4.99 Å². The van der Waals surface area contributed by atoms with Crippen molar-refractivity contribution in [2.75, 3.05) is 0 Å². The second kappa shape index (κ2) is 5.90. The Morgan fingerprint density at radius 2 is 1.64 bits per heavy atom. The lowest BCUT2D eigenvalue weighted by Crippen LogP contribution is -2.47. The zero-order valence-corrected chi connectivity index (χ0v) is 16.2. The molecule has 0 atom stereocenters. The van der Waals surface area contributed by atoms with E-state index in [4.69, 9.17) is 4.99 Å². The van der Waals surface area contributed by atoms with E-state index in [0.29, 0.717) is 16.8 Å². The van der Waals surface area contributed by atoms with Crippen LogP contribution in [0.2, 0.25) is 0 Å². The number of alkyl halides is 3. The van der Waals surface area contributed by atoms with Gasteiger partial charge in [-0.3, -0.25) is 9.98 Å². The molecule has 0 spiro atoms. The SMILES string of the molecule is CC1(C)N=C(c2ccc3ncccc3c2)c2cccc(C(F)(F)F)c2C1(C)C. The molecular weight excluding hydrogens is 361 g/mol. The van der Waals surface area contributed by atoms with Crippen LogP contribution in [0.5, 0.6) is 0 Å². The minimum atomic E-state index is -4.42. The zero-order valence-electron chi connectivity index (χ0n) is 16.2. The van der Waals surface area contributed by atoms with Gasteiger partial charge in [-0.25, -0.2) is 0 Å². The number of halogens is 3. The van der Waals surface area contributed by atoms with Crippen molar-refractivity contribution in [3.8, 4) is 0 Å². The van der Waals surface area contributed by atoms with Crippen LogP contribution in [0.4, 0.5) is 13.2 Å². The second-order valence-corrected chi connectivity index (χ2v) is 8.28. The molecule has 0 saturated heterocycles. The fourth-order valence-electron chi connectivity index (χ4n) is 3.89. The smallest absolute Gasteiger partial charge is 0.277 e. The van der Waals surface area contributed by atoms with E-state index in [-0.39, 0.29) is 0 Å². The Bertz CT molecular complexity index is 1110. The van der Waals surface area contributed by atoms with Gasteiger partial charge in [0.05, 0.1) is 22.3 Å². The monoisotopic (exact) mass is 382 g/mol. The molecule has 1 aliphatic rings. The predicted octanol–water partition coefficient (Wildman–Crippen LogP) is 6.16. The van der Waals surface area contributed by atoms with Crippen LogP contribution in [0.15, 0.2) is 59.7 Å². The molecule has 0 unspecified atom stereocenters. The van der Waals surface area contributed by atoms with Crippen molar-refractivity contribution < 1.29 is 13.2 Å². The summed E-state index contributed by atoms with van der Waals surface area (Å²) in [6.07, 6.45) is -2.70. The number of aliphatic imine (C=N–C) groups is 1. The lowest BCUT2D eigenvalue weighted by atomic mass is 9.64. The molecule has 2 nitrogen and oxygen atoms in total. The lowest BCUT2D eigenvalue weighted by Gasteiger charge is -2.45. The van der Waals surface area contributed by atoms with Gasteiger partial charge in [-0.1, -0.05) is 38.1 Å². The first-order valence-electron chi connectivity index (χ1n) is 9.18. The van der Waals surface area contributed by atoms with Gasteiger partial charge in [-0.2, -0.15) is 13.2 Å². The van der Waals surface area contributed by atoms with E-state index in [0.717, 1.165) is 16.5 Å². The summed E-state index contributed by atoms with van der Waals surface area (Å²) in [5.74, 6) is 0. The predicted molar refractivity (Wildman–Crippen MR) is 106 cm³/mol. The molecule has 3 aromatic rings. The van der Waals surface area contributed by atoms with Crippen molar-refractivity contribution >= 4 is 16.6 Å². The summed E-state index contributed by atoms with van der Waals surface area (Å²) in [5.41, 5.74) is 1.01. The highest BCUT2D eigenvalue weighted by molar-refractivity contribution is 6.16. The van der Waals surface area contributed by atoms with Crippen molar-refractivity contribution in [3.63, 3.8) is 0 Å². The summed E-state index contributed by atoms with van der Waals surface area (Å²) in [7, 11) is 0. The van der Waals surface area contributed by atoms with Crippen molar-refractivity contribution in [1.82, 2.24) is 4.98 Å². The largest absolute Gasteiger partial charge is 0.416 e. The van der Waals surface area contributed by atoms with Gasteiger partial charge in [-0.15, -0.1) is 0 Å². The quantitative estimate of drug-likeness (QED) is 0.495. The highest BCUT2D eigenvalue weighted by Crippen LogP contribution is 2.48. The third-order valence-electron chi connectivity index (χ3n) is 6.05. The van der Waals surface area contributed by atoms with E-state index >= 15 is 0 Å². The Morgan fingerprint density at radius 3 is 2.36 bits per heavy atom. The molecule has 0 amide bonds. The first-order valence-corrected chi connectivity index (χ1v) is 9.18. The zero-order chi connectivity index (χ0) is 20.3. The Balaban J connectivity index is 2.03. The number of aromatic nitrogens is 1. The molecule has 0 radical (unpaired) electrons. The van der Waals surface area contributed by atoms with E-state index in [1.165, 1.54) is 12.1 Å². The molecule has 1 aromatic heterocycles. The third-order valence-corrected chi connectivity index (χ3v) is 6.05. The van der Waals surface area contributed by atoms with E-state index in [9.17, 15) is 13.2 Å². The van der Waals surface area contributed by atoms with E-state index in [1.807, 2.05) is 58.0 Å². The van der Waals surface area contributed by atoms with Gasteiger partial charge in [0.25, 0.3) is 0 Å². The van der Waals surface area contributed by atoms with Gasteiger partial charge >= 0.3 is 6.18 Å². The Hall–Kier alpha value is -2.69. The highest BCUT2D eigenvalue weighted by Gasteiger charge is 2.49. The average molecular weight is 382 g/mol. The van der Waals surface area contributed by atoms with Gasteiger partial charge in [0.1, 0.15) is 0 Å². The van der Waals surface area contributed by atoms with Gasteiger partial charge in [0.2, 0.25) is 0 Å². The molecule has 5 heteroatoms. The topological polar surface area (TPSA) is 25.2 Å². The highest BCUT2D eigenvalue weighted by atomic mass is 19.4. The molecule has 1 aliphatic heterocycles. The van der Waals surface area contributed by atoms with Gasteiger partial charge in [0, 0.05) is 28.1 Å². The first-order chi connectivity index (χ1) is 13.0. The standard InChI is InChI=1S/C23H21F3N2/c1-21(2)19-16(8-5-9-17(19)23(24,25)26)20(28-22(21,3)4)15-10-11-18-14(13-15)7-6-12-27-18/h5-13H,1-4H3. The summed E-state index contributed by atoms with van der Waals surface area (Å²) in [4.78, 5) is 9.26. The Labute approximate surface area is 162 Å². The van der Waals surface area contributed by atoms with Crippen LogP contribution in [0.3, 0.4) is 0 Å². The fourth-order valence-corrected chi connectivity index (χ4v) is 3.89. The normalized spacial score (nSPS) is 17.9. The van der Waals surface area contributed by atoms with Crippen LogP contribution in [-0.4, -0.2) is 16.2 Å². The average Bonchev–Trinajstić information content (AvgIpc) is 2.63. The summed E-state index contributed by atoms with van der Waals surface area (Å²) in [6.45, 7) is 7.47. The molecule has 2 aromatic carbocycles. The van der Waals surface area contributed by atoms with Crippen molar-refractivity contribution in [1.29, 1.82) is 0 Å². The number of hydrogen-bond donors (Lipinski definition) is 0. The molecule has 0 fully saturated rings. The fraction of sp³-hybridized carbons (Fsp3) is 0.304. The van der Waals surface area contributed by atoms with Crippen LogP contribution in [0, 0.1) is 0 Å². The van der Waals surface area contributed by atoms with Gasteiger partial charge < -0.3 is 0 Å². The number of rotatable bonds is 1. The molecule has 0 bridgehead atoms. The molecule has 0 N–H and O–H groups in total. The number of nitrogens with zero attached hydrogens (tertiary/aromatic N) is 2. The summed E-state index contributed by atoms with van der Waals surface area (Å²) in [5, 5.41) is 0.930. The van der Waals surface area contributed by atoms with E-state index in [1.54, 1.807) is 12.3 Å². The summed E-state index contributed by atoms with van der Waals surface area (Å²) >= 11 is 0. The van der Waals surface area contributed by atoms with Crippen LogP contribution in [-0.2, 0) is 11.6 Å². The first kappa shape index (κ1) is 18.7. The summed E-state index contributed by atoms with van der Waals surface area (Å²) in [6, 6.07) is 13.9. The Kier molecular flexibility index (Phi) is 3.93. The van der Waals surface area contributed by atoms with Crippen molar-refractivity contribution in [2.45, 2.75) is 44.8 Å². The molecule has 2 heterocycles. The maximum Gasteiger partial charge on any atom is 0.416 e. The second-order valence-electron chi connectivity index (χ2n) is 8.28. The number of fused-ring (bicyclic) bond motifs is 2. The van der Waals surface area contributed by atoms with Gasteiger partial charge in [-0.05, 0) is 43.7 Å². The summed E-state index contributed by atoms with van der Waals surface area (Å²) < 4.78 is 41.6.